The number of thiophene rings is 1. The van der Waals surface area contributed by atoms with Crippen LogP contribution in [0.4, 0.5) is 0 Å². The summed E-state index contributed by atoms with van der Waals surface area (Å²) in [6.45, 7) is 2.79. The Labute approximate surface area is 104 Å². The summed E-state index contributed by atoms with van der Waals surface area (Å²) in [7, 11) is 0. The molecule has 0 spiro atoms. The van der Waals surface area contributed by atoms with Crippen molar-refractivity contribution >= 4 is 23.2 Å². The van der Waals surface area contributed by atoms with Crippen molar-refractivity contribution in [2.24, 2.45) is 11.8 Å². The maximum Gasteiger partial charge on any atom is 0.308 e. The van der Waals surface area contributed by atoms with Crippen LogP contribution in [0.25, 0.3) is 0 Å². The molecule has 0 bridgehead atoms. The second kappa shape index (κ2) is 4.87. The Kier molecular flexibility index (Phi) is 3.47. The maximum absolute atomic E-state index is 12.0. The van der Waals surface area contributed by atoms with Gasteiger partial charge in [-0.15, -0.1) is 11.3 Å². The molecule has 17 heavy (non-hydrogen) atoms. The maximum atomic E-state index is 12.0. The average Bonchev–Trinajstić information content (AvgIpc) is 2.86. The Morgan fingerprint density at radius 3 is 2.82 bits per heavy atom. The van der Waals surface area contributed by atoms with E-state index in [-0.39, 0.29) is 11.8 Å². The lowest BCUT2D eigenvalue weighted by Crippen LogP contribution is -2.30. The largest absolute Gasteiger partial charge is 0.481 e. The van der Waals surface area contributed by atoms with E-state index < -0.39 is 11.9 Å². The van der Waals surface area contributed by atoms with Gasteiger partial charge in [-0.1, -0.05) is 13.0 Å². The molecule has 2 unspecified atom stereocenters. The quantitative estimate of drug-likeness (QED) is 0.887. The average molecular weight is 253 g/mol. The standard InChI is InChI=1S/C12H15NO3S/c1-8-6-13(7-10(8)12(15)16)11(14)5-9-3-2-4-17-9/h2-4,8,10H,5-7H2,1H3,(H,15,16). The van der Waals surface area contributed by atoms with Gasteiger partial charge < -0.3 is 10.0 Å². The van der Waals surface area contributed by atoms with E-state index >= 15 is 0 Å². The van der Waals surface area contributed by atoms with Gasteiger partial charge in [-0.05, 0) is 17.4 Å². The molecule has 1 aromatic heterocycles. The number of carbonyl (C=O) groups is 2. The summed E-state index contributed by atoms with van der Waals surface area (Å²) in [6, 6.07) is 3.84. The van der Waals surface area contributed by atoms with Gasteiger partial charge in [0.2, 0.25) is 5.91 Å². The van der Waals surface area contributed by atoms with Crippen molar-refractivity contribution in [1.29, 1.82) is 0 Å². The van der Waals surface area contributed by atoms with E-state index in [4.69, 9.17) is 5.11 Å². The van der Waals surface area contributed by atoms with Crippen LogP contribution in [0.2, 0.25) is 0 Å². The molecule has 1 aromatic rings. The molecule has 1 saturated heterocycles. The van der Waals surface area contributed by atoms with E-state index in [1.54, 1.807) is 16.2 Å². The van der Waals surface area contributed by atoms with Crippen LogP contribution in [-0.4, -0.2) is 35.0 Å². The smallest absolute Gasteiger partial charge is 0.308 e. The third-order valence-electron chi connectivity index (χ3n) is 3.19. The van der Waals surface area contributed by atoms with Crippen LogP contribution in [0.1, 0.15) is 11.8 Å². The number of hydrogen-bond acceptors (Lipinski definition) is 3. The van der Waals surface area contributed by atoms with Crippen molar-refractivity contribution < 1.29 is 14.7 Å². The molecule has 1 aliphatic rings. The van der Waals surface area contributed by atoms with Crippen molar-refractivity contribution in [1.82, 2.24) is 4.90 Å². The highest BCUT2D eigenvalue weighted by Gasteiger charge is 2.36. The first-order valence-corrected chi connectivity index (χ1v) is 6.49. The van der Waals surface area contributed by atoms with Crippen LogP contribution in [0, 0.1) is 11.8 Å². The number of carbonyl (C=O) groups excluding carboxylic acids is 1. The van der Waals surface area contributed by atoms with Crippen LogP contribution >= 0.6 is 11.3 Å². The molecular weight excluding hydrogens is 238 g/mol. The van der Waals surface area contributed by atoms with Crippen molar-refractivity contribution in [3.05, 3.63) is 22.4 Å². The van der Waals surface area contributed by atoms with Gasteiger partial charge in [-0.3, -0.25) is 9.59 Å². The van der Waals surface area contributed by atoms with Crippen molar-refractivity contribution in [2.45, 2.75) is 13.3 Å². The first-order chi connectivity index (χ1) is 8.08. The third-order valence-corrected chi connectivity index (χ3v) is 4.06. The number of amides is 1. The van der Waals surface area contributed by atoms with Gasteiger partial charge in [0.05, 0.1) is 12.3 Å². The molecule has 92 valence electrons. The highest BCUT2D eigenvalue weighted by atomic mass is 32.1. The normalized spacial score (nSPS) is 23.9. The molecule has 1 amide bonds. The lowest BCUT2D eigenvalue weighted by atomic mass is 9.99. The summed E-state index contributed by atoms with van der Waals surface area (Å²) in [5.41, 5.74) is 0. The first kappa shape index (κ1) is 12.1. The third kappa shape index (κ3) is 2.66. The minimum absolute atomic E-state index is 0.0306. The molecule has 4 nitrogen and oxygen atoms in total. The zero-order valence-corrected chi connectivity index (χ0v) is 10.4. The van der Waals surface area contributed by atoms with Gasteiger partial charge in [0.25, 0.3) is 0 Å². The number of aliphatic carboxylic acids is 1. The first-order valence-electron chi connectivity index (χ1n) is 5.61. The van der Waals surface area contributed by atoms with Gasteiger partial charge in [0, 0.05) is 18.0 Å². The molecule has 5 heteroatoms. The fourth-order valence-corrected chi connectivity index (χ4v) is 2.86. The molecule has 0 saturated carbocycles. The Morgan fingerprint density at radius 2 is 2.29 bits per heavy atom. The summed E-state index contributed by atoms with van der Waals surface area (Å²) >= 11 is 1.55. The van der Waals surface area contributed by atoms with Crippen LogP contribution in [0.15, 0.2) is 17.5 Å². The van der Waals surface area contributed by atoms with Crippen molar-refractivity contribution in [3.8, 4) is 0 Å². The molecule has 2 heterocycles. The summed E-state index contributed by atoms with van der Waals surface area (Å²) in [5, 5.41) is 10.9. The van der Waals surface area contributed by atoms with Crippen LogP contribution in [0.3, 0.4) is 0 Å². The van der Waals surface area contributed by atoms with Crippen LogP contribution < -0.4 is 0 Å². The lowest BCUT2D eigenvalue weighted by molar-refractivity contribution is -0.142. The molecule has 1 N–H and O–H groups in total. The fraction of sp³-hybridized carbons (Fsp3) is 0.500. The highest BCUT2D eigenvalue weighted by Crippen LogP contribution is 2.24. The van der Waals surface area contributed by atoms with Gasteiger partial charge in [-0.25, -0.2) is 0 Å². The van der Waals surface area contributed by atoms with Crippen LogP contribution in [-0.2, 0) is 16.0 Å². The zero-order chi connectivity index (χ0) is 12.4. The van der Waals surface area contributed by atoms with Crippen molar-refractivity contribution in [2.75, 3.05) is 13.1 Å². The molecular formula is C12H15NO3S. The Bertz CT molecular complexity index is 415. The molecule has 0 aliphatic carbocycles. The fourth-order valence-electron chi connectivity index (χ4n) is 2.17. The number of carboxylic acid groups (broad SMARTS) is 1. The number of carboxylic acids is 1. The minimum Gasteiger partial charge on any atom is -0.481 e. The Morgan fingerprint density at radius 1 is 1.53 bits per heavy atom. The second-order valence-electron chi connectivity index (χ2n) is 4.48. The molecule has 1 aliphatic heterocycles. The van der Waals surface area contributed by atoms with Gasteiger partial charge >= 0.3 is 5.97 Å². The van der Waals surface area contributed by atoms with E-state index in [0.29, 0.717) is 19.5 Å². The molecule has 1 fully saturated rings. The van der Waals surface area contributed by atoms with E-state index in [1.807, 2.05) is 24.4 Å². The number of hydrogen-bond donors (Lipinski definition) is 1. The number of likely N-dealkylation sites (tertiary alicyclic amines) is 1. The predicted molar refractivity (Wildman–Crippen MR) is 64.9 cm³/mol. The predicted octanol–water partition coefficient (Wildman–Crippen LogP) is 1.47. The summed E-state index contributed by atoms with van der Waals surface area (Å²) in [6.07, 6.45) is 0.386. The molecule has 0 aromatic carbocycles. The monoisotopic (exact) mass is 253 g/mol. The molecule has 2 atom stereocenters. The van der Waals surface area contributed by atoms with E-state index in [0.717, 1.165) is 4.88 Å². The highest BCUT2D eigenvalue weighted by molar-refractivity contribution is 7.10. The number of rotatable bonds is 3. The summed E-state index contributed by atoms with van der Waals surface area (Å²) in [5.74, 6) is -1.14. The van der Waals surface area contributed by atoms with Gasteiger partial charge in [0.1, 0.15) is 0 Å². The second-order valence-corrected chi connectivity index (χ2v) is 5.51. The lowest BCUT2D eigenvalue weighted by Gasteiger charge is -2.15. The van der Waals surface area contributed by atoms with Gasteiger partial charge in [-0.2, -0.15) is 0 Å². The summed E-state index contributed by atoms with van der Waals surface area (Å²) in [4.78, 5) is 25.6. The minimum atomic E-state index is -0.802. The molecule has 0 radical (unpaired) electrons. The zero-order valence-electron chi connectivity index (χ0n) is 9.63. The van der Waals surface area contributed by atoms with Crippen LogP contribution in [0.5, 0.6) is 0 Å². The van der Waals surface area contributed by atoms with Gasteiger partial charge in [0.15, 0.2) is 0 Å². The Hall–Kier alpha value is -1.36. The van der Waals surface area contributed by atoms with Crippen molar-refractivity contribution in [3.63, 3.8) is 0 Å². The Balaban J connectivity index is 1.96. The SMILES string of the molecule is CC1CN(C(=O)Cc2cccs2)CC1C(=O)O. The summed E-state index contributed by atoms with van der Waals surface area (Å²) < 4.78 is 0. The van der Waals surface area contributed by atoms with E-state index in [9.17, 15) is 9.59 Å². The topological polar surface area (TPSA) is 57.6 Å². The van der Waals surface area contributed by atoms with E-state index in [2.05, 4.69) is 0 Å². The van der Waals surface area contributed by atoms with E-state index in [1.165, 1.54) is 0 Å². The number of nitrogens with zero attached hydrogens (tertiary/aromatic N) is 1. The molecule has 2 rings (SSSR count).